The van der Waals surface area contributed by atoms with Gasteiger partial charge in [0.15, 0.2) is 0 Å². The Morgan fingerprint density at radius 3 is 2.57 bits per heavy atom. The van der Waals surface area contributed by atoms with Crippen molar-refractivity contribution >= 4 is 10.8 Å². The van der Waals surface area contributed by atoms with Gasteiger partial charge >= 0.3 is 5.63 Å². The summed E-state index contributed by atoms with van der Waals surface area (Å²) < 4.78 is 4.80. The molecule has 14 heavy (non-hydrogen) atoms. The number of aryl methyl sites for hydroxylation is 2. The van der Waals surface area contributed by atoms with Gasteiger partial charge in [-0.3, -0.25) is 0 Å². The van der Waals surface area contributed by atoms with E-state index in [2.05, 4.69) is 0 Å². The minimum absolute atomic E-state index is 0.121. The number of aromatic hydroxyl groups is 1. The third-order valence-electron chi connectivity index (χ3n) is 2.32. The molecule has 0 saturated carbocycles. The summed E-state index contributed by atoms with van der Waals surface area (Å²) >= 11 is 0. The summed E-state index contributed by atoms with van der Waals surface area (Å²) in [6, 6.07) is 3.24. The molecule has 3 nitrogen and oxygen atoms in total. The molecule has 0 atom stereocenters. The normalized spacial score (nSPS) is 10.7. The van der Waals surface area contributed by atoms with Gasteiger partial charge in [-0.25, -0.2) is 4.79 Å². The maximum atomic E-state index is 11.3. The lowest BCUT2D eigenvalue weighted by atomic mass is 10.1. The highest BCUT2D eigenvalue weighted by Gasteiger charge is 2.06. The van der Waals surface area contributed by atoms with Crippen LogP contribution in [0.1, 0.15) is 11.1 Å². The monoisotopic (exact) mass is 190 g/mol. The number of hydrogen-bond acceptors (Lipinski definition) is 3. The van der Waals surface area contributed by atoms with E-state index in [9.17, 15) is 9.90 Å². The number of phenolic OH excluding ortho intramolecular Hbond substituents is 1. The van der Waals surface area contributed by atoms with Crippen LogP contribution in [0.15, 0.2) is 27.6 Å². The van der Waals surface area contributed by atoms with E-state index in [0.29, 0.717) is 5.39 Å². The van der Waals surface area contributed by atoms with Crippen LogP contribution < -0.4 is 5.63 Å². The molecule has 0 aliphatic rings. The molecule has 0 bridgehead atoms. The van der Waals surface area contributed by atoms with Crippen molar-refractivity contribution < 1.29 is 9.52 Å². The zero-order valence-corrected chi connectivity index (χ0v) is 8.00. The van der Waals surface area contributed by atoms with Gasteiger partial charge in [-0.05, 0) is 42.5 Å². The zero-order valence-electron chi connectivity index (χ0n) is 8.00. The molecule has 3 heteroatoms. The van der Waals surface area contributed by atoms with Gasteiger partial charge in [0.05, 0.1) is 11.6 Å². The molecule has 1 heterocycles. The highest BCUT2D eigenvalue weighted by molar-refractivity contribution is 5.86. The predicted octanol–water partition coefficient (Wildman–Crippen LogP) is 2.12. The number of rotatable bonds is 0. The van der Waals surface area contributed by atoms with Crippen molar-refractivity contribution in [1.82, 2.24) is 0 Å². The van der Waals surface area contributed by atoms with Crippen LogP contribution in [0.2, 0.25) is 0 Å². The van der Waals surface area contributed by atoms with E-state index < -0.39 is 5.63 Å². The Kier molecular flexibility index (Phi) is 1.81. The summed E-state index contributed by atoms with van der Waals surface area (Å²) in [6.07, 6.45) is 1.43. The fourth-order valence-corrected chi connectivity index (χ4v) is 1.46. The number of hydrogen-bond donors (Lipinski definition) is 1. The van der Waals surface area contributed by atoms with Crippen molar-refractivity contribution in [3.05, 3.63) is 39.9 Å². The van der Waals surface area contributed by atoms with Crippen molar-refractivity contribution in [2.45, 2.75) is 13.8 Å². The smallest absolute Gasteiger partial charge is 0.343 e. The van der Waals surface area contributed by atoms with E-state index in [0.717, 1.165) is 16.5 Å². The van der Waals surface area contributed by atoms with Gasteiger partial charge in [0.1, 0.15) is 5.75 Å². The van der Waals surface area contributed by atoms with Crippen LogP contribution >= 0.6 is 0 Å². The molecule has 1 aromatic carbocycles. The van der Waals surface area contributed by atoms with Crippen molar-refractivity contribution in [2.24, 2.45) is 0 Å². The van der Waals surface area contributed by atoms with E-state index in [1.807, 2.05) is 6.92 Å². The van der Waals surface area contributed by atoms with Crippen molar-refractivity contribution in [2.75, 3.05) is 0 Å². The lowest BCUT2D eigenvalue weighted by Gasteiger charge is -2.03. The first-order chi connectivity index (χ1) is 6.59. The van der Waals surface area contributed by atoms with Gasteiger partial charge in [0, 0.05) is 0 Å². The molecule has 72 valence electrons. The molecule has 0 saturated heterocycles. The second-order valence-corrected chi connectivity index (χ2v) is 3.39. The van der Waals surface area contributed by atoms with Gasteiger partial charge in [-0.15, -0.1) is 0 Å². The molecule has 0 spiro atoms. The fraction of sp³-hybridized carbons (Fsp3) is 0.182. The molecule has 1 aromatic heterocycles. The van der Waals surface area contributed by atoms with Crippen LogP contribution in [-0.2, 0) is 0 Å². The van der Waals surface area contributed by atoms with Gasteiger partial charge in [0.25, 0.3) is 0 Å². The van der Waals surface area contributed by atoms with Crippen LogP contribution in [0.3, 0.4) is 0 Å². The Bertz CT molecular complexity index is 552. The van der Waals surface area contributed by atoms with Crippen molar-refractivity contribution in [1.29, 1.82) is 0 Å². The second kappa shape index (κ2) is 2.87. The maximum Gasteiger partial charge on any atom is 0.343 e. The number of phenols is 1. The Labute approximate surface area is 80.6 Å². The van der Waals surface area contributed by atoms with Crippen LogP contribution in [0, 0.1) is 13.8 Å². The summed E-state index contributed by atoms with van der Waals surface area (Å²) in [5.41, 5.74) is 1.23. The average molecular weight is 190 g/mol. The quantitative estimate of drug-likeness (QED) is 0.692. The molecule has 0 radical (unpaired) electrons. The molecular weight excluding hydrogens is 180 g/mol. The lowest BCUT2D eigenvalue weighted by Crippen LogP contribution is -1.99. The number of benzene rings is 1. The lowest BCUT2D eigenvalue weighted by molar-refractivity contribution is 0.471. The van der Waals surface area contributed by atoms with Gasteiger partial charge in [0.2, 0.25) is 0 Å². The summed E-state index contributed by atoms with van der Waals surface area (Å²) in [7, 11) is 0. The topological polar surface area (TPSA) is 50.4 Å². The van der Waals surface area contributed by atoms with Crippen LogP contribution in [-0.4, -0.2) is 5.11 Å². The third-order valence-corrected chi connectivity index (χ3v) is 2.32. The highest BCUT2D eigenvalue weighted by Crippen LogP contribution is 2.23. The maximum absolute atomic E-state index is 11.3. The largest absolute Gasteiger partial charge is 0.508 e. The Morgan fingerprint density at radius 1 is 1.14 bits per heavy atom. The van der Waals surface area contributed by atoms with Crippen molar-refractivity contribution in [3.63, 3.8) is 0 Å². The van der Waals surface area contributed by atoms with Crippen molar-refractivity contribution in [3.8, 4) is 5.75 Å². The molecule has 2 aromatic rings. The van der Waals surface area contributed by atoms with E-state index in [1.165, 1.54) is 12.3 Å². The van der Waals surface area contributed by atoms with E-state index in [1.54, 1.807) is 13.0 Å². The van der Waals surface area contributed by atoms with Gasteiger partial charge in [-0.2, -0.15) is 0 Å². The van der Waals surface area contributed by atoms with E-state index >= 15 is 0 Å². The highest BCUT2D eigenvalue weighted by atomic mass is 16.4. The first-order valence-electron chi connectivity index (χ1n) is 4.31. The molecule has 2 rings (SSSR count). The third kappa shape index (κ3) is 1.18. The van der Waals surface area contributed by atoms with E-state index in [-0.39, 0.29) is 5.75 Å². The molecule has 0 amide bonds. The summed E-state index contributed by atoms with van der Waals surface area (Å²) in [4.78, 5) is 11.3. The number of fused-ring (bicyclic) bond motifs is 1. The summed E-state index contributed by atoms with van der Waals surface area (Å²) in [5.74, 6) is 0.121. The Hall–Kier alpha value is -1.77. The summed E-state index contributed by atoms with van der Waals surface area (Å²) in [5, 5.41) is 10.7. The molecule has 0 unspecified atom stereocenters. The standard InChI is InChI=1S/C11H10O3/c1-6-3-8-7(2)5-14-11(13)9(8)4-10(6)12/h3-5,12H,1-2H3. The van der Waals surface area contributed by atoms with Crippen LogP contribution in [0.4, 0.5) is 0 Å². The Morgan fingerprint density at radius 2 is 1.86 bits per heavy atom. The summed E-state index contributed by atoms with van der Waals surface area (Å²) in [6.45, 7) is 3.66. The fourth-order valence-electron chi connectivity index (χ4n) is 1.46. The molecule has 0 fully saturated rings. The van der Waals surface area contributed by atoms with Gasteiger partial charge < -0.3 is 9.52 Å². The minimum Gasteiger partial charge on any atom is -0.508 e. The Balaban J connectivity index is 3.02. The first-order valence-corrected chi connectivity index (χ1v) is 4.31. The molecular formula is C11H10O3. The van der Waals surface area contributed by atoms with Crippen LogP contribution in [0.25, 0.3) is 10.8 Å². The second-order valence-electron chi connectivity index (χ2n) is 3.39. The molecule has 0 aliphatic heterocycles. The SMILES string of the molecule is Cc1cc2c(C)coc(=O)c2cc1O. The zero-order chi connectivity index (χ0) is 10.3. The van der Waals surface area contributed by atoms with E-state index in [4.69, 9.17) is 4.42 Å². The van der Waals surface area contributed by atoms with Gasteiger partial charge in [-0.1, -0.05) is 0 Å². The predicted molar refractivity (Wildman–Crippen MR) is 53.6 cm³/mol. The molecule has 1 N–H and O–H groups in total. The average Bonchev–Trinajstić information content (AvgIpc) is 2.15. The molecule has 0 aliphatic carbocycles. The van der Waals surface area contributed by atoms with Crippen LogP contribution in [0.5, 0.6) is 5.75 Å². The first kappa shape index (κ1) is 8.81. The minimum atomic E-state index is -0.416.